The van der Waals surface area contributed by atoms with Crippen LogP contribution in [0.5, 0.6) is 11.5 Å². The second kappa shape index (κ2) is 6.90. The highest BCUT2D eigenvalue weighted by molar-refractivity contribution is 6.32. The minimum Gasteiger partial charge on any atom is -0.486 e. The van der Waals surface area contributed by atoms with E-state index in [2.05, 4.69) is 4.98 Å². The Morgan fingerprint density at radius 3 is 2.89 bits per heavy atom. The summed E-state index contributed by atoms with van der Waals surface area (Å²) in [5.74, 6) is 1.23. The molecule has 1 amide bonds. The fraction of sp³-hybridized carbons (Fsp3) is 0.286. The van der Waals surface area contributed by atoms with Crippen LogP contribution in [0.1, 0.15) is 16.8 Å². The van der Waals surface area contributed by atoms with Crippen LogP contribution in [0.2, 0.25) is 10.0 Å². The summed E-state index contributed by atoms with van der Waals surface area (Å²) < 4.78 is 11.2. The Bertz CT molecular complexity index is 1090. The lowest BCUT2D eigenvalue weighted by atomic mass is 10.0. The van der Waals surface area contributed by atoms with E-state index in [1.165, 1.54) is 5.69 Å². The third-order valence-corrected chi connectivity index (χ3v) is 5.82. The number of H-pyrrole nitrogens is 1. The molecule has 0 spiro atoms. The van der Waals surface area contributed by atoms with E-state index >= 15 is 0 Å². The van der Waals surface area contributed by atoms with E-state index in [1.54, 1.807) is 6.07 Å². The van der Waals surface area contributed by atoms with Gasteiger partial charge in [-0.05, 0) is 35.9 Å². The van der Waals surface area contributed by atoms with E-state index in [0.29, 0.717) is 47.8 Å². The molecule has 0 fully saturated rings. The van der Waals surface area contributed by atoms with Crippen molar-refractivity contribution >= 4 is 40.0 Å². The van der Waals surface area contributed by atoms with Crippen molar-refractivity contribution in [3.05, 3.63) is 57.2 Å². The molecule has 0 atom stereocenters. The van der Waals surface area contributed by atoms with Crippen molar-refractivity contribution in [1.82, 2.24) is 9.88 Å². The molecule has 1 aromatic heterocycles. The number of ether oxygens (including phenoxy) is 2. The lowest BCUT2D eigenvalue weighted by Crippen LogP contribution is -2.36. The summed E-state index contributed by atoms with van der Waals surface area (Å²) in [5.41, 5.74) is 4.22. The summed E-state index contributed by atoms with van der Waals surface area (Å²) in [5, 5.41) is 2.26. The molecule has 2 aliphatic heterocycles. The predicted octanol–water partition coefficient (Wildman–Crippen LogP) is 4.37. The second-order valence-electron chi connectivity index (χ2n) is 7.12. The van der Waals surface area contributed by atoms with Gasteiger partial charge in [-0.15, -0.1) is 0 Å². The second-order valence-corrected chi connectivity index (χ2v) is 7.96. The monoisotopic (exact) mass is 416 g/mol. The lowest BCUT2D eigenvalue weighted by Gasteiger charge is -2.28. The first-order chi connectivity index (χ1) is 13.6. The molecule has 28 heavy (non-hydrogen) atoms. The van der Waals surface area contributed by atoms with Gasteiger partial charge in [0.2, 0.25) is 5.91 Å². The predicted molar refractivity (Wildman–Crippen MR) is 109 cm³/mol. The fourth-order valence-electron chi connectivity index (χ4n) is 3.95. The van der Waals surface area contributed by atoms with E-state index in [9.17, 15) is 4.79 Å². The van der Waals surface area contributed by atoms with E-state index in [-0.39, 0.29) is 12.3 Å². The Balaban J connectivity index is 1.38. The summed E-state index contributed by atoms with van der Waals surface area (Å²) >= 11 is 12.5. The largest absolute Gasteiger partial charge is 0.486 e. The van der Waals surface area contributed by atoms with Gasteiger partial charge in [-0.3, -0.25) is 4.79 Å². The smallest absolute Gasteiger partial charge is 0.227 e. The first kappa shape index (κ1) is 17.7. The number of aromatic nitrogens is 1. The number of fused-ring (bicyclic) bond motifs is 4. The number of nitrogens with one attached hydrogen (secondary N) is 1. The molecule has 0 saturated heterocycles. The van der Waals surface area contributed by atoms with Crippen LogP contribution in [0.25, 0.3) is 10.9 Å². The quantitative estimate of drug-likeness (QED) is 0.674. The van der Waals surface area contributed by atoms with Crippen molar-refractivity contribution < 1.29 is 14.3 Å². The fourth-order valence-corrected chi connectivity index (χ4v) is 4.41. The maximum Gasteiger partial charge on any atom is 0.227 e. The first-order valence-corrected chi connectivity index (χ1v) is 9.99. The molecule has 2 aromatic carbocycles. The van der Waals surface area contributed by atoms with Crippen molar-refractivity contribution in [2.45, 2.75) is 19.4 Å². The van der Waals surface area contributed by atoms with E-state index in [1.807, 2.05) is 29.2 Å². The molecular formula is C21H18Cl2N2O3. The van der Waals surface area contributed by atoms with Gasteiger partial charge in [0.15, 0.2) is 11.5 Å². The first-order valence-electron chi connectivity index (χ1n) is 9.23. The highest BCUT2D eigenvalue weighted by atomic mass is 35.5. The van der Waals surface area contributed by atoms with Crippen molar-refractivity contribution in [3.63, 3.8) is 0 Å². The average Bonchev–Trinajstić information content (AvgIpc) is 3.05. The Labute approximate surface area is 172 Å². The number of carbonyl (C=O) groups excluding carboxylic acids is 1. The molecule has 0 bridgehead atoms. The Hall–Kier alpha value is -2.37. The molecule has 5 rings (SSSR count). The minimum absolute atomic E-state index is 0.0646. The van der Waals surface area contributed by atoms with Gasteiger partial charge >= 0.3 is 0 Å². The third kappa shape index (κ3) is 3.09. The molecule has 0 saturated carbocycles. The average molecular weight is 417 g/mol. The molecule has 0 aliphatic carbocycles. The topological polar surface area (TPSA) is 54.6 Å². The molecule has 1 N–H and O–H groups in total. The summed E-state index contributed by atoms with van der Waals surface area (Å²) in [4.78, 5) is 18.3. The van der Waals surface area contributed by atoms with Crippen LogP contribution in [0.15, 0.2) is 30.3 Å². The summed E-state index contributed by atoms with van der Waals surface area (Å²) in [6.07, 6.45) is 1.07. The highest BCUT2D eigenvalue weighted by Crippen LogP contribution is 2.38. The molecule has 7 heteroatoms. The molecule has 0 radical (unpaired) electrons. The number of hydrogen-bond donors (Lipinski definition) is 1. The molecule has 144 valence electrons. The SMILES string of the molecule is O=C(Cc1cc(Cl)c2c(c1)OCCO2)N1CCc2[nH]c3ccc(Cl)cc3c2C1. The van der Waals surface area contributed by atoms with Crippen molar-refractivity contribution in [1.29, 1.82) is 0 Å². The molecule has 3 heterocycles. The minimum atomic E-state index is 0.0646. The van der Waals surface area contributed by atoms with Crippen molar-refractivity contribution in [2.75, 3.05) is 19.8 Å². The number of carbonyl (C=O) groups is 1. The highest BCUT2D eigenvalue weighted by Gasteiger charge is 2.25. The van der Waals surface area contributed by atoms with Gasteiger partial charge in [0.1, 0.15) is 13.2 Å². The molecule has 5 nitrogen and oxygen atoms in total. The maximum atomic E-state index is 13.0. The van der Waals surface area contributed by atoms with Gasteiger partial charge < -0.3 is 19.4 Å². The number of benzene rings is 2. The molecular weight excluding hydrogens is 399 g/mol. The van der Waals surface area contributed by atoms with Crippen LogP contribution in [-0.4, -0.2) is 35.5 Å². The zero-order valence-corrected chi connectivity index (χ0v) is 16.6. The van der Waals surface area contributed by atoms with E-state index < -0.39 is 0 Å². The number of aromatic amines is 1. The van der Waals surface area contributed by atoms with Gasteiger partial charge in [0.05, 0.1) is 11.4 Å². The van der Waals surface area contributed by atoms with Gasteiger partial charge in [-0.1, -0.05) is 23.2 Å². The Morgan fingerprint density at radius 2 is 2.00 bits per heavy atom. The summed E-state index contributed by atoms with van der Waals surface area (Å²) in [6.45, 7) is 2.23. The van der Waals surface area contributed by atoms with Gasteiger partial charge in [0, 0.05) is 46.7 Å². The van der Waals surface area contributed by atoms with Crippen molar-refractivity contribution in [3.8, 4) is 11.5 Å². The molecule has 3 aromatic rings. The number of nitrogens with zero attached hydrogens (tertiary/aromatic N) is 1. The zero-order chi connectivity index (χ0) is 19.3. The van der Waals surface area contributed by atoms with Crippen LogP contribution >= 0.6 is 23.2 Å². The Morgan fingerprint density at radius 1 is 1.14 bits per heavy atom. The number of amides is 1. The van der Waals surface area contributed by atoms with Crippen LogP contribution in [0.4, 0.5) is 0 Å². The lowest BCUT2D eigenvalue weighted by molar-refractivity contribution is -0.131. The van der Waals surface area contributed by atoms with Gasteiger partial charge in [-0.25, -0.2) is 0 Å². The number of hydrogen-bond acceptors (Lipinski definition) is 3. The maximum absolute atomic E-state index is 13.0. The Kier molecular flexibility index (Phi) is 4.37. The summed E-state index contributed by atoms with van der Waals surface area (Å²) in [7, 11) is 0. The molecule has 2 aliphatic rings. The number of rotatable bonds is 2. The zero-order valence-electron chi connectivity index (χ0n) is 15.1. The molecule has 0 unspecified atom stereocenters. The van der Waals surface area contributed by atoms with Gasteiger partial charge in [-0.2, -0.15) is 0 Å². The van der Waals surface area contributed by atoms with Crippen LogP contribution in [-0.2, 0) is 24.2 Å². The van der Waals surface area contributed by atoms with E-state index in [0.717, 1.165) is 28.5 Å². The van der Waals surface area contributed by atoms with Crippen LogP contribution in [0.3, 0.4) is 0 Å². The van der Waals surface area contributed by atoms with E-state index in [4.69, 9.17) is 32.7 Å². The van der Waals surface area contributed by atoms with Crippen molar-refractivity contribution in [2.24, 2.45) is 0 Å². The number of halogens is 2. The standard InChI is InChI=1S/C21H18Cl2N2O3/c22-13-1-2-17-14(10-13)15-11-25(4-3-18(15)24-17)20(26)9-12-7-16(23)21-19(8-12)27-5-6-28-21/h1-2,7-8,10,24H,3-6,9,11H2. The van der Waals surface area contributed by atoms with Gasteiger partial charge in [0.25, 0.3) is 0 Å². The third-order valence-electron chi connectivity index (χ3n) is 5.30. The van der Waals surface area contributed by atoms with Crippen LogP contribution < -0.4 is 9.47 Å². The summed E-state index contributed by atoms with van der Waals surface area (Å²) in [6, 6.07) is 9.45. The van der Waals surface area contributed by atoms with Crippen LogP contribution in [0, 0.1) is 0 Å². The normalized spacial score (nSPS) is 15.6.